The molecule has 1 fully saturated rings. The molecule has 1 unspecified atom stereocenters. The van der Waals surface area contributed by atoms with Crippen LogP contribution in [0.1, 0.15) is 46.5 Å². The Kier molecular flexibility index (Phi) is 6.95. The number of nitrogens with one attached hydrogen (secondary N) is 2. The van der Waals surface area contributed by atoms with Crippen molar-refractivity contribution in [2.24, 2.45) is 11.3 Å². The van der Waals surface area contributed by atoms with Gasteiger partial charge in [-0.15, -0.1) is 0 Å². The molecule has 0 aromatic rings. The van der Waals surface area contributed by atoms with Gasteiger partial charge < -0.3 is 20.5 Å². The molecule has 0 heterocycles. The second-order valence-corrected chi connectivity index (χ2v) is 6.10. The second-order valence-electron chi connectivity index (χ2n) is 6.10. The average Bonchev–Trinajstić information content (AvgIpc) is 2.45. The Balaban J connectivity index is 2.40. The van der Waals surface area contributed by atoms with E-state index in [4.69, 9.17) is 4.74 Å². The van der Waals surface area contributed by atoms with Gasteiger partial charge in [-0.05, 0) is 45.4 Å². The van der Waals surface area contributed by atoms with Crippen LogP contribution in [-0.2, 0) is 9.53 Å². The SMILES string of the molecule is CCOC(C)CNC(=O)NCC1(C(=O)O)CCC(C)CC1. The quantitative estimate of drug-likeness (QED) is 0.671. The second kappa shape index (κ2) is 8.22. The molecular formula is C15H28N2O4. The minimum atomic E-state index is -0.810. The van der Waals surface area contributed by atoms with Crippen molar-refractivity contribution in [3.63, 3.8) is 0 Å². The zero-order valence-electron chi connectivity index (χ0n) is 13.3. The number of hydrogen-bond donors (Lipinski definition) is 3. The van der Waals surface area contributed by atoms with Crippen molar-refractivity contribution >= 4 is 12.0 Å². The van der Waals surface area contributed by atoms with Gasteiger partial charge in [-0.25, -0.2) is 4.79 Å². The first-order valence-corrected chi connectivity index (χ1v) is 7.76. The third-order valence-corrected chi connectivity index (χ3v) is 4.27. The lowest BCUT2D eigenvalue weighted by molar-refractivity contribution is -0.151. The third kappa shape index (κ3) is 5.53. The number of ether oxygens (including phenoxy) is 1. The minimum Gasteiger partial charge on any atom is -0.481 e. The molecule has 21 heavy (non-hydrogen) atoms. The number of carbonyl (C=O) groups is 2. The molecule has 2 amide bonds. The number of carbonyl (C=O) groups excluding carboxylic acids is 1. The topological polar surface area (TPSA) is 87.7 Å². The predicted octanol–water partition coefficient (Wildman–Crippen LogP) is 1.99. The molecule has 122 valence electrons. The fourth-order valence-corrected chi connectivity index (χ4v) is 2.67. The number of carboxylic acid groups (broad SMARTS) is 1. The molecule has 6 heteroatoms. The van der Waals surface area contributed by atoms with Gasteiger partial charge in [0.2, 0.25) is 0 Å². The van der Waals surface area contributed by atoms with E-state index >= 15 is 0 Å². The Morgan fingerprint density at radius 3 is 2.48 bits per heavy atom. The lowest BCUT2D eigenvalue weighted by Gasteiger charge is -2.35. The maximum Gasteiger partial charge on any atom is 0.314 e. The number of aliphatic carboxylic acids is 1. The first kappa shape index (κ1) is 17.8. The molecule has 0 bridgehead atoms. The van der Waals surface area contributed by atoms with Gasteiger partial charge in [0.15, 0.2) is 0 Å². The molecule has 0 aromatic carbocycles. The van der Waals surface area contributed by atoms with Crippen LogP contribution in [0, 0.1) is 11.3 Å². The first-order chi connectivity index (χ1) is 9.89. The first-order valence-electron chi connectivity index (χ1n) is 7.76. The molecule has 1 saturated carbocycles. The summed E-state index contributed by atoms with van der Waals surface area (Å²) in [6.07, 6.45) is 3.00. The summed E-state index contributed by atoms with van der Waals surface area (Å²) in [5.74, 6) is -0.240. The number of rotatable bonds is 7. The van der Waals surface area contributed by atoms with Gasteiger partial charge in [-0.1, -0.05) is 6.92 Å². The summed E-state index contributed by atoms with van der Waals surface area (Å²) in [7, 11) is 0. The maximum absolute atomic E-state index is 11.8. The molecule has 3 N–H and O–H groups in total. The molecule has 0 aliphatic heterocycles. The van der Waals surface area contributed by atoms with E-state index in [1.165, 1.54) is 0 Å². The normalized spacial score (nSPS) is 26.9. The van der Waals surface area contributed by atoms with Crippen LogP contribution in [0.2, 0.25) is 0 Å². The summed E-state index contributed by atoms with van der Waals surface area (Å²) < 4.78 is 5.32. The Hall–Kier alpha value is -1.30. The monoisotopic (exact) mass is 300 g/mol. The number of amides is 2. The molecule has 1 atom stereocenters. The van der Waals surface area contributed by atoms with E-state index in [1.54, 1.807) is 0 Å². The highest BCUT2D eigenvalue weighted by molar-refractivity contribution is 5.78. The number of urea groups is 1. The summed E-state index contributed by atoms with van der Waals surface area (Å²) in [5, 5.41) is 14.9. The standard InChI is InChI=1S/C15H28N2O4/c1-4-21-12(3)9-16-14(20)17-10-15(13(18)19)7-5-11(2)6-8-15/h11-12H,4-10H2,1-3H3,(H,18,19)(H2,16,17,20). The van der Waals surface area contributed by atoms with E-state index < -0.39 is 11.4 Å². The van der Waals surface area contributed by atoms with Crippen molar-refractivity contribution < 1.29 is 19.4 Å². The lowest BCUT2D eigenvalue weighted by atomic mass is 9.71. The van der Waals surface area contributed by atoms with Crippen LogP contribution < -0.4 is 10.6 Å². The Morgan fingerprint density at radius 2 is 1.95 bits per heavy atom. The van der Waals surface area contributed by atoms with E-state index in [9.17, 15) is 14.7 Å². The van der Waals surface area contributed by atoms with Crippen molar-refractivity contribution in [3.8, 4) is 0 Å². The van der Waals surface area contributed by atoms with Crippen molar-refractivity contribution in [2.45, 2.75) is 52.6 Å². The number of carboxylic acids is 1. The van der Waals surface area contributed by atoms with Crippen LogP contribution in [0.15, 0.2) is 0 Å². The van der Waals surface area contributed by atoms with Gasteiger partial charge >= 0.3 is 12.0 Å². The van der Waals surface area contributed by atoms with Gasteiger partial charge in [0.05, 0.1) is 11.5 Å². The van der Waals surface area contributed by atoms with E-state index in [0.29, 0.717) is 31.9 Å². The summed E-state index contributed by atoms with van der Waals surface area (Å²) in [6, 6.07) is -0.333. The fourth-order valence-electron chi connectivity index (χ4n) is 2.67. The van der Waals surface area contributed by atoms with Gasteiger partial charge in [-0.3, -0.25) is 4.79 Å². The highest BCUT2D eigenvalue weighted by atomic mass is 16.5. The van der Waals surface area contributed by atoms with E-state index in [1.807, 2.05) is 13.8 Å². The van der Waals surface area contributed by atoms with Crippen molar-refractivity contribution in [1.29, 1.82) is 0 Å². The molecular weight excluding hydrogens is 272 g/mol. The molecule has 0 radical (unpaired) electrons. The van der Waals surface area contributed by atoms with Crippen molar-refractivity contribution in [1.82, 2.24) is 10.6 Å². The van der Waals surface area contributed by atoms with Gasteiger partial charge in [0, 0.05) is 19.7 Å². The van der Waals surface area contributed by atoms with E-state index in [0.717, 1.165) is 12.8 Å². The highest BCUT2D eigenvalue weighted by Gasteiger charge is 2.41. The van der Waals surface area contributed by atoms with Gasteiger partial charge in [0.1, 0.15) is 0 Å². The van der Waals surface area contributed by atoms with Crippen molar-refractivity contribution in [3.05, 3.63) is 0 Å². The summed E-state index contributed by atoms with van der Waals surface area (Å²) >= 11 is 0. The van der Waals surface area contributed by atoms with Crippen LogP contribution in [0.4, 0.5) is 4.79 Å². The molecule has 0 spiro atoms. The Labute approximate surface area is 126 Å². The number of hydrogen-bond acceptors (Lipinski definition) is 3. The average molecular weight is 300 g/mol. The molecule has 1 rings (SSSR count). The molecule has 0 aromatic heterocycles. The highest BCUT2D eigenvalue weighted by Crippen LogP contribution is 2.38. The smallest absolute Gasteiger partial charge is 0.314 e. The largest absolute Gasteiger partial charge is 0.481 e. The Bertz CT molecular complexity index is 352. The molecule has 1 aliphatic carbocycles. The molecule has 1 aliphatic rings. The lowest BCUT2D eigenvalue weighted by Crippen LogP contribution is -2.48. The van der Waals surface area contributed by atoms with Crippen LogP contribution >= 0.6 is 0 Å². The predicted molar refractivity (Wildman–Crippen MR) is 80.2 cm³/mol. The summed E-state index contributed by atoms with van der Waals surface area (Å²) in [6.45, 7) is 7.12. The van der Waals surface area contributed by atoms with E-state index in [-0.39, 0.29) is 18.7 Å². The minimum absolute atomic E-state index is 0.0512. The fraction of sp³-hybridized carbons (Fsp3) is 0.867. The van der Waals surface area contributed by atoms with Crippen LogP contribution in [-0.4, -0.2) is 42.9 Å². The van der Waals surface area contributed by atoms with Crippen LogP contribution in [0.25, 0.3) is 0 Å². The van der Waals surface area contributed by atoms with Gasteiger partial charge in [0.25, 0.3) is 0 Å². The third-order valence-electron chi connectivity index (χ3n) is 4.27. The molecule has 0 saturated heterocycles. The van der Waals surface area contributed by atoms with E-state index in [2.05, 4.69) is 17.6 Å². The van der Waals surface area contributed by atoms with Crippen LogP contribution in [0.5, 0.6) is 0 Å². The zero-order valence-corrected chi connectivity index (χ0v) is 13.3. The summed E-state index contributed by atoms with van der Waals surface area (Å²) in [4.78, 5) is 23.3. The maximum atomic E-state index is 11.8. The van der Waals surface area contributed by atoms with Gasteiger partial charge in [-0.2, -0.15) is 0 Å². The summed E-state index contributed by atoms with van der Waals surface area (Å²) in [5.41, 5.74) is -0.810. The Morgan fingerprint density at radius 1 is 1.33 bits per heavy atom. The van der Waals surface area contributed by atoms with Crippen molar-refractivity contribution in [2.75, 3.05) is 19.7 Å². The molecule has 6 nitrogen and oxygen atoms in total. The van der Waals surface area contributed by atoms with Crippen LogP contribution in [0.3, 0.4) is 0 Å². The zero-order chi connectivity index (χ0) is 15.9.